The first kappa shape index (κ1) is 12.4. The van der Waals surface area contributed by atoms with Crippen molar-refractivity contribution in [2.24, 2.45) is 5.41 Å². The van der Waals surface area contributed by atoms with E-state index in [-0.39, 0.29) is 18.7 Å². The molecule has 0 rings (SSSR count). The van der Waals surface area contributed by atoms with Crippen LogP contribution in [0.2, 0.25) is 0 Å². The second kappa shape index (κ2) is 5.22. The van der Waals surface area contributed by atoms with Crippen LogP contribution in [0.1, 0.15) is 40.5 Å². The van der Waals surface area contributed by atoms with E-state index in [0.717, 1.165) is 0 Å². The van der Waals surface area contributed by atoms with Gasteiger partial charge in [-0.1, -0.05) is 13.8 Å². The number of aliphatic hydroxyl groups excluding tert-OH is 1. The number of hydrogen-bond acceptors (Lipinski definition) is 3. The average molecular weight is 188 g/mol. The van der Waals surface area contributed by atoms with Crippen LogP contribution in [0.5, 0.6) is 0 Å². The Morgan fingerprint density at radius 2 is 1.85 bits per heavy atom. The Morgan fingerprint density at radius 1 is 1.38 bits per heavy atom. The van der Waals surface area contributed by atoms with Gasteiger partial charge in [-0.3, -0.25) is 4.79 Å². The van der Waals surface area contributed by atoms with Gasteiger partial charge in [-0.25, -0.2) is 0 Å². The van der Waals surface area contributed by atoms with Gasteiger partial charge in [-0.2, -0.15) is 0 Å². The van der Waals surface area contributed by atoms with Crippen molar-refractivity contribution in [1.29, 1.82) is 0 Å². The van der Waals surface area contributed by atoms with Crippen LogP contribution in [0.25, 0.3) is 0 Å². The van der Waals surface area contributed by atoms with E-state index in [2.05, 4.69) is 0 Å². The maximum atomic E-state index is 11.6. The molecule has 0 fully saturated rings. The van der Waals surface area contributed by atoms with Gasteiger partial charge in [0.05, 0.1) is 18.1 Å². The fourth-order valence-electron chi connectivity index (χ4n) is 1.17. The van der Waals surface area contributed by atoms with Gasteiger partial charge in [0.1, 0.15) is 0 Å². The molecule has 0 aromatic rings. The van der Waals surface area contributed by atoms with E-state index in [9.17, 15) is 4.79 Å². The molecule has 0 unspecified atom stereocenters. The molecule has 0 spiro atoms. The summed E-state index contributed by atoms with van der Waals surface area (Å²) in [6, 6.07) is 0. The lowest BCUT2D eigenvalue weighted by molar-refractivity contribution is -0.163. The van der Waals surface area contributed by atoms with E-state index in [0.29, 0.717) is 12.8 Å². The van der Waals surface area contributed by atoms with Crippen LogP contribution >= 0.6 is 0 Å². The monoisotopic (exact) mass is 188 g/mol. The van der Waals surface area contributed by atoms with Gasteiger partial charge in [0, 0.05) is 0 Å². The van der Waals surface area contributed by atoms with Gasteiger partial charge >= 0.3 is 5.97 Å². The maximum Gasteiger partial charge on any atom is 0.314 e. The van der Waals surface area contributed by atoms with Crippen molar-refractivity contribution in [2.75, 3.05) is 6.61 Å². The summed E-state index contributed by atoms with van der Waals surface area (Å²) in [7, 11) is 0. The van der Waals surface area contributed by atoms with Gasteiger partial charge < -0.3 is 9.84 Å². The van der Waals surface area contributed by atoms with Crippen LogP contribution in [0.3, 0.4) is 0 Å². The second-order valence-corrected chi connectivity index (χ2v) is 3.60. The van der Waals surface area contributed by atoms with Gasteiger partial charge in [0.25, 0.3) is 0 Å². The van der Waals surface area contributed by atoms with E-state index in [1.165, 1.54) is 0 Å². The van der Waals surface area contributed by atoms with Gasteiger partial charge in [0.15, 0.2) is 0 Å². The molecule has 0 saturated heterocycles. The molecule has 0 aliphatic carbocycles. The van der Waals surface area contributed by atoms with Crippen LogP contribution in [-0.2, 0) is 9.53 Å². The van der Waals surface area contributed by atoms with Crippen molar-refractivity contribution in [3.05, 3.63) is 0 Å². The number of aliphatic hydroxyl groups is 1. The fraction of sp³-hybridized carbons (Fsp3) is 0.900. The molecule has 3 nitrogen and oxygen atoms in total. The van der Waals surface area contributed by atoms with Gasteiger partial charge in [-0.05, 0) is 26.7 Å². The largest absolute Gasteiger partial charge is 0.462 e. The van der Waals surface area contributed by atoms with Crippen LogP contribution in [-0.4, -0.2) is 23.8 Å². The summed E-state index contributed by atoms with van der Waals surface area (Å²) in [5.41, 5.74) is -0.690. The van der Waals surface area contributed by atoms with E-state index >= 15 is 0 Å². The molecule has 0 aromatic heterocycles. The standard InChI is InChI=1S/C10H20O3/c1-5-10(6-2,7-11)9(12)13-8(3)4/h8,11H,5-7H2,1-4H3. The number of rotatable bonds is 5. The molecule has 0 bridgehead atoms. The molecule has 1 N–H and O–H groups in total. The Kier molecular flexibility index (Phi) is 4.99. The van der Waals surface area contributed by atoms with E-state index in [4.69, 9.17) is 9.84 Å². The highest BCUT2D eigenvalue weighted by Gasteiger charge is 2.36. The van der Waals surface area contributed by atoms with Crippen LogP contribution < -0.4 is 0 Å². The zero-order chi connectivity index (χ0) is 10.5. The fourth-order valence-corrected chi connectivity index (χ4v) is 1.17. The first-order chi connectivity index (χ1) is 6.02. The predicted octanol–water partition coefficient (Wildman–Crippen LogP) is 1.74. The Hall–Kier alpha value is -0.570. The van der Waals surface area contributed by atoms with Crippen molar-refractivity contribution >= 4 is 5.97 Å². The first-order valence-electron chi connectivity index (χ1n) is 4.84. The third kappa shape index (κ3) is 2.99. The van der Waals surface area contributed by atoms with E-state index in [1.54, 1.807) is 0 Å². The molecule has 0 atom stereocenters. The van der Waals surface area contributed by atoms with Crippen LogP contribution in [0.4, 0.5) is 0 Å². The minimum absolute atomic E-state index is 0.114. The van der Waals surface area contributed by atoms with Crippen LogP contribution in [0, 0.1) is 5.41 Å². The lowest BCUT2D eigenvalue weighted by atomic mass is 9.83. The summed E-state index contributed by atoms with van der Waals surface area (Å²) in [6.07, 6.45) is 1.12. The summed E-state index contributed by atoms with van der Waals surface area (Å²) in [5, 5.41) is 9.16. The molecular weight excluding hydrogens is 168 g/mol. The Morgan fingerprint density at radius 3 is 2.08 bits per heavy atom. The highest BCUT2D eigenvalue weighted by Crippen LogP contribution is 2.27. The number of esters is 1. The summed E-state index contributed by atoms with van der Waals surface area (Å²) in [4.78, 5) is 11.6. The zero-order valence-corrected chi connectivity index (χ0v) is 8.96. The van der Waals surface area contributed by atoms with Crippen molar-refractivity contribution in [3.63, 3.8) is 0 Å². The summed E-state index contributed by atoms with van der Waals surface area (Å²) in [5.74, 6) is -0.282. The average Bonchev–Trinajstić information content (AvgIpc) is 2.07. The minimum atomic E-state index is -0.690. The van der Waals surface area contributed by atoms with Crippen molar-refractivity contribution < 1.29 is 14.6 Å². The SMILES string of the molecule is CCC(CC)(CO)C(=O)OC(C)C. The number of hydrogen-bond donors (Lipinski definition) is 1. The lowest BCUT2D eigenvalue weighted by Crippen LogP contribution is -2.36. The molecule has 0 aromatic carbocycles. The molecule has 78 valence electrons. The van der Waals surface area contributed by atoms with Crippen molar-refractivity contribution in [3.8, 4) is 0 Å². The zero-order valence-electron chi connectivity index (χ0n) is 8.96. The number of ether oxygens (including phenoxy) is 1. The molecule has 0 aliphatic rings. The van der Waals surface area contributed by atoms with Gasteiger partial charge in [0.2, 0.25) is 0 Å². The molecular formula is C10H20O3. The predicted molar refractivity (Wildman–Crippen MR) is 51.3 cm³/mol. The Balaban J connectivity index is 4.44. The lowest BCUT2D eigenvalue weighted by Gasteiger charge is -2.27. The molecule has 0 radical (unpaired) electrons. The molecule has 3 heteroatoms. The van der Waals surface area contributed by atoms with E-state index in [1.807, 2.05) is 27.7 Å². The molecule has 0 heterocycles. The van der Waals surface area contributed by atoms with Crippen molar-refractivity contribution in [1.82, 2.24) is 0 Å². The highest BCUT2D eigenvalue weighted by atomic mass is 16.5. The molecule has 0 amide bonds. The van der Waals surface area contributed by atoms with Gasteiger partial charge in [-0.15, -0.1) is 0 Å². The summed E-state index contributed by atoms with van der Waals surface area (Å²) in [6.45, 7) is 7.27. The van der Waals surface area contributed by atoms with Crippen LogP contribution in [0.15, 0.2) is 0 Å². The topological polar surface area (TPSA) is 46.5 Å². The first-order valence-corrected chi connectivity index (χ1v) is 4.84. The number of carbonyl (C=O) groups excluding carboxylic acids is 1. The Labute approximate surface area is 80.1 Å². The van der Waals surface area contributed by atoms with Crippen molar-refractivity contribution in [2.45, 2.75) is 46.6 Å². The third-order valence-corrected chi connectivity index (χ3v) is 2.43. The van der Waals surface area contributed by atoms with E-state index < -0.39 is 5.41 Å². The minimum Gasteiger partial charge on any atom is -0.462 e. The molecule has 13 heavy (non-hydrogen) atoms. The quantitative estimate of drug-likeness (QED) is 0.668. The smallest absolute Gasteiger partial charge is 0.314 e. The molecule has 0 saturated carbocycles. The summed E-state index contributed by atoms with van der Waals surface area (Å²) >= 11 is 0. The third-order valence-electron chi connectivity index (χ3n) is 2.43. The summed E-state index contributed by atoms with van der Waals surface area (Å²) < 4.78 is 5.09. The highest BCUT2D eigenvalue weighted by molar-refractivity contribution is 5.77. The second-order valence-electron chi connectivity index (χ2n) is 3.60. The maximum absolute atomic E-state index is 11.6. The Bertz CT molecular complexity index is 151. The number of carbonyl (C=O) groups is 1. The molecule has 0 aliphatic heterocycles. The normalized spacial score (nSPS) is 11.8.